The number of thioether (sulfide) groups is 1. The van der Waals surface area contributed by atoms with Crippen molar-refractivity contribution in [1.29, 1.82) is 0 Å². The van der Waals surface area contributed by atoms with Crippen LogP contribution in [0.1, 0.15) is 64.1 Å². The molecule has 2 atom stereocenters. The molecule has 0 fully saturated rings. The van der Waals surface area contributed by atoms with E-state index in [9.17, 15) is 0 Å². The Kier molecular flexibility index (Phi) is 7.55. The molecule has 1 nitrogen and oxygen atoms in total. The normalized spacial score (nSPS) is 14.6. The lowest BCUT2D eigenvalue weighted by atomic mass is 9.99. The van der Waals surface area contributed by atoms with Gasteiger partial charge in [0, 0.05) is 17.0 Å². The minimum atomic E-state index is 0.477. The number of nitrogens with one attached hydrogen (secondary N) is 1. The van der Waals surface area contributed by atoms with Gasteiger partial charge in [-0.15, -0.1) is 0 Å². The SMILES string of the molecule is CCNC(CSC(C)CC)c1ccc(C(C)C)cc1. The van der Waals surface area contributed by atoms with E-state index in [0.717, 1.165) is 17.5 Å². The third-order valence-corrected chi connectivity index (χ3v) is 5.01. The van der Waals surface area contributed by atoms with Crippen LogP contribution < -0.4 is 5.32 Å². The molecule has 1 aromatic rings. The van der Waals surface area contributed by atoms with Gasteiger partial charge in [-0.25, -0.2) is 0 Å². The maximum Gasteiger partial charge on any atom is 0.0411 e. The van der Waals surface area contributed by atoms with Crippen LogP contribution in [-0.4, -0.2) is 17.5 Å². The standard InChI is InChI=1S/C17H29NS/c1-6-14(5)19-12-17(18-7-2)16-10-8-15(9-11-16)13(3)4/h8-11,13-14,17-18H,6-7,12H2,1-5H3. The van der Waals surface area contributed by atoms with Crippen molar-refractivity contribution >= 4 is 11.8 Å². The Labute approximate surface area is 123 Å². The van der Waals surface area contributed by atoms with E-state index in [1.165, 1.54) is 17.5 Å². The van der Waals surface area contributed by atoms with Gasteiger partial charge in [-0.3, -0.25) is 0 Å². The third-order valence-electron chi connectivity index (χ3n) is 3.58. The highest BCUT2D eigenvalue weighted by molar-refractivity contribution is 7.99. The number of benzene rings is 1. The molecule has 0 heterocycles. The van der Waals surface area contributed by atoms with Gasteiger partial charge in [-0.05, 0) is 30.0 Å². The lowest BCUT2D eigenvalue weighted by Gasteiger charge is -2.20. The van der Waals surface area contributed by atoms with Crippen molar-refractivity contribution < 1.29 is 0 Å². The molecule has 1 N–H and O–H groups in total. The molecule has 0 aromatic heterocycles. The molecule has 0 aliphatic rings. The summed E-state index contributed by atoms with van der Waals surface area (Å²) >= 11 is 2.07. The molecule has 0 aliphatic carbocycles. The van der Waals surface area contributed by atoms with E-state index in [4.69, 9.17) is 0 Å². The van der Waals surface area contributed by atoms with Crippen LogP contribution in [0.5, 0.6) is 0 Å². The summed E-state index contributed by atoms with van der Waals surface area (Å²) in [5, 5.41) is 4.35. The summed E-state index contributed by atoms with van der Waals surface area (Å²) in [5.41, 5.74) is 2.84. The summed E-state index contributed by atoms with van der Waals surface area (Å²) in [6.07, 6.45) is 1.25. The van der Waals surface area contributed by atoms with Gasteiger partial charge in [0.1, 0.15) is 0 Å². The summed E-state index contributed by atoms with van der Waals surface area (Å²) in [4.78, 5) is 0. The average Bonchev–Trinajstić information content (AvgIpc) is 2.43. The van der Waals surface area contributed by atoms with Gasteiger partial charge < -0.3 is 5.32 Å². The lowest BCUT2D eigenvalue weighted by Crippen LogP contribution is -2.23. The molecule has 0 bridgehead atoms. The van der Waals surface area contributed by atoms with Crippen molar-refractivity contribution in [1.82, 2.24) is 5.32 Å². The first kappa shape index (κ1) is 16.6. The molecular formula is C17H29NS. The van der Waals surface area contributed by atoms with Crippen LogP contribution in [0.4, 0.5) is 0 Å². The summed E-state index contributed by atoms with van der Waals surface area (Å²) in [5.74, 6) is 1.77. The highest BCUT2D eigenvalue weighted by atomic mass is 32.2. The largest absolute Gasteiger partial charge is 0.310 e. The second kappa shape index (κ2) is 8.65. The first-order valence-electron chi connectivity index (χ1n) is 7.53. The maximum atomic E-state index is 3.61. The highest BCUT2D eigenvalue weighted by Crippen LogP contribution is 2.24. The third kappa shape index (κ3) is 5.58. The first-order valence-corrected chi connectivity index (χ1v) is 8.58. The van der Waals surface area contributed by atoms with Gasteiger partial charge in [-0.1, -0.05) is 58.9 Å². The van der Waals surface area contributed by atoms with Gasteiger partial charge in [0.2, 0.25) is 0 Å². The van der Waals surface area contributed by atoms with Crippen LogP contribution in [0.2, 0.25) is 0 Å². The predicted octanol–water partition coefficient (Wildman–Crippen LogP) is 4.99. The van der Waals surface area contributed by atoms with Crippen LogP contribution in [0.25, 0.3) is 0 Å². The zero-order valence-corrected chi connectivity index (χ0v) is 13.9. The molecule has 108 valence electrons. The van der Waals surface area contributed by atoms with Crippen LogP contribution in [0.3, 0.4) is 0 Å². The molecule has 0 radical (unpaired) electrons. The number of hydrogen-bond donors (Lipinski definition) is 1. The Morgan fingerprint density at radius 3 is 2.05 bits per heavy atom. The van der Waals surface area contributed by atoms with E-state index in [1.807, 2.05) is 0 Å². The van der Waals surface area contributed by atoms with Gasteiger partial charge in [0.05, 0.1) is 0 Å². The van der Waals surface area contributed by atoms with Crippen molar-refractivity contribution in [2.75, 3.05) is 12.3 Å². The zero-order valence-electron chi connectivity index (χ0n) is 13.1. The smallest absolute Gasteiger partial charge is 0.0411 e. The molecule has 0 aliphatic heterocycles. The van der Waals surface area contributed by atoms with Crippen LogP contribution in [-0.2, 0) is 0 Å². The Morgan fingerprint density at radius 2 is 1.58 bits per heavy atom. The topological polar surface area (TPSA) is 12.0 Å². The number of hydrogen-bond acceptors (Lipinski definition) is 2. The maximum absolute atomic E-state index is 3.61. The van der Waals surface area contributed by atoms with Gasteiger partial charge >= 0.3 is 0 Å². The van der Waals surface area contributed by atoms with Gasteiger partial charge in [0.25, 0.3) is 0 Å². The second-order valence-electron chi connectivity index (χ2n) is 5.48. The number of rotatable bonds is 8. The van der Waals surface area contributed by atoms with E-state index in [2.05, 4.69) is 76.0 Å². The molecule has 1 aromatic carbocycles. The molecule has 1 rings (SSSR count). The van der Waals surface area contributed by atoms with Gasteiger partial charge in [0.15, 0.2) is 0 Å². The molecule has 0 spiro atoms. The van der Waals surface area contributed by atoms with E-state index in [1.54, 1.807) is 0 Å². The molecule has 0 saturated heterocycles. The van der Waals surface area contributed by atoms with Crippen molar-refractivity contribution in [2.45, 2.75) is 58.2 Å². The highest BCUT2D eigenvalue weighted by Gasteiger charge is 2.12. The fourth-order valence-electron chi connectivity index (χ4n) is 2.01. The van der Waals surface area contributed by atoms with E-state index >= 15 is 0 Å². The fraction of sp³-hybridized carbons (Fsp3) is 0.647. The van der Waals surface area contributed by atoms with Crippen LogP contribution >= 0.6 is 11.8 Å². The molecule has 2 heteroatoms. The summed E-state index contributed by atoms with van der Waals surface area (Å²) in [6.45, 7) is 12.3. The van der Waals surface area contributed by atoms with E-state index in [-0.39, 0.29) is 0 Å². The zero-order chi connectivity index (χ0) is 14.3. The van der Waals surface area contributed by atoms with Crippen LogP contribution in [0, 0.1) is 0 Å². The second-order valence-corrected chi connectivity index (χ2v) is 6.96. The molecule has 2 unspecified atom stereocenters. The minimum absolute atomic E-state index is 0.477. The lowest BCUT2D eigenvalue weighted by molar-refractivity contribution is 0.604. The molecule has 0 amide bonds. The quantitative estimate of drug-likeness (QED) is 0.719. The average molecular weight is 279 g/mol. The van der Waals surface area contributed by atoms with Gasteiger partial charge in [-0.2, -0.15) is 11.8 Å². The Balaban J connectivity index is 2.69. The van der Waals surface area contributed by atoms with Crippen molar-refractivity contribution in [3.8, 4) is 0 Å². The van der Waals surface area contributed by atoms with E-state index in [0.29, 0.717) is 12.0 Å². The van der Waals surface area contributed by atoms with Crippen LogP contribution in [0.15, 0.2) is 24.3 Å². The first-order chi connectivity index (χ1) is 9.08. The van der Waals surface area contributed by atoms with Crippen molar-refractivity contribution in [3.63, 3.8) is 0 Å². The van der Waals surface area contributed by atoms with Crippen molar-refractivity contribution in [3.05, 3.63) is 35.4 Å². The molecular weight excluding hydrogens is 250 g/mol. The molecule has 0 saturated carbocycles. The fourth-order valence-corrected chi connectivity index (χ4v) is 3.08. The Bertz CT molecular complexity index is 345. The predicted molar refractivity (Wildman–Crippen MR) is 89.2 cm³/mol. The summed E-state index contributed by atoms with van der Waals surface area (Å²) in [7, 11) is 0. The summed E-state index contributed by atoms with van der Waals surface area (Å²) < 4.78 is 0. The Morgan fingerprint density at radius 1 is 1.00 bits per heavy atom. The summed E-state index contributed by atoms with van der Waals surface area (Å²) in [6, 6.07) is 9.61. The molecule has 19 heavy (non-hydrogen) atoms. The van der Waals surface area contributed by atoms with Crippen molar-refractivity contribution in [2.24, 2.45) is 0 Å². The van der Waals surface area contributed by atoms with E-state index < -0.39 is 0 Å². The Hall–Kier alpha value is -0.470. The monoisotopic (exact) mass is 279 g/mol. The minimum Gasteiger partial charge on any atom is -0.310 e.